The van der Waals surface area contributed by atoms with E-state index in [9.17, 15) is 4.79 Å². The van der Waals surface area contributed by atoms with Crippen molar-refractivity contribution in [2.45, 2.75) is 24.9 Å². The topological polar surface area (TPSA) is 34.0 Å². The zero-order chi connectivity index (χ0) is 10.7. The van der Waals surface area contributed by atoms with E-state index in [2.05, 4.69) is 5.32 Å². The monoisotopic (exact) mass is 226 g/mol. The van der Waals surface area contributed by atoms with Gasteiger partial charge < -0.3 is 9.88 Å². The van der Waals surface area contributed by atoms with Crippen LogP contribution in [0.2, 0.25) is 0 Å². The van der Waals surface area contributed by atoms with Crippen LogP contribution in [0.4, 0.5) is 0 Å². The maximum atomic E-state index is 11.4. The highest BCUT2D eigenvalue weighted by atomic mass is 35.5. The summed E-state index contributed by atoms with van der Waals surface area (Å²) in [6, 6.07) is 5.21. The lowest BCUT2D eigenvalue weighted by atomic mass is 10.3. The SMILES string of the molecule is O=c1ccccn1CCNC1(CCl)CC1. The van der Waals surface area contributed by atoms with Gasteiger partial charge >= 0.3 is 0 Å². The molecule has 2 rings (SSSR count). The first-order chi connectivity index (χ1) is 7.26. The molecule has 1 heterocycles. The van der Waals surface area contributed by atoms with Crippen LogP contribution in [0.15, 0.2) is 29.2 Å². The molecule has 0 bridgehead atoms. The molecule has 0 aromatic carbocycles. The average Bonchev–Trinajstić information content (AvgIpc) is 3.02. The molecule has 1 N–H and O–H groups in total. The Morgan fingerprint density at radius 1 is 1.47 bits per heavy atom. The van der Waals surface area contributed by atoms with E-state index in [-0.39, 0.29) is 11.1 Å². The molecular formula is C11H15ClN2O. The van der Waals surface area contributed by atoms with Crippen LogP contribution in [0, 0.1) is 0 Å². The van der Waals surface area contributed by atoms with E-state index >= 15 is 0 Å². The van der Waals surface area contributed by atoms with Gasteiger partial charge in [0.1, 0.15) is 0 Å². The number of nitrogens with zero attached hydrogens (tertiary/aromatic N) is 1. The van der Waals surface area contributed by atoms with E-state index < -0.39 is 0 Å². The summed E-state index contributed by atoms with van der Waals surface area (Å²) in [5.74, 6) is 0.663. The van der Waals surface area contributed by atoms with Gasteiger partial charge in [0.15, 0.2) is 0 Å². The average molecular weight is 227 g/mol. The Bertz CT molecular complexity index is 384. The number of hydrogen-bond donors (Lipinski definition) is 1. The standard InChI is InChI=1S/C11H15ClN2O/c12-9-11(4-5-11)13-6-8-14-7-2-1-3-10(14)15/h1-3,7,13H,4-6,8-9H2. The van der Waals surface area contributed by atoms with E-state index in [1.54, 1.807) is 16.7 Å². The summed E-state index contributed by atoms with van der Waals surface area (Å²) in [4.78, 5) is 11.4. The first-order valence-electron chi connectivity index (χ1n) is 5.22. The number of pyridine rings is 1. The Labute approximate surface area is 94.1 Å². The van der Waals surface area contributed by atoms with E-state index in [0.717, 1.165) is 19.4 Å². The van der Waals surface area contributed by atoms with Crippen molar-refractivity contribution in [1.29, 1.82) is 0 Å². The predicted octanol–water partition coefficient (Wildman–Crippen LogP) is 1.21. The molecule has 1 fully saturated rings. The van der Waals surface area contributed by atoms with Gasteiger partial charge in [-0.05, 0) is 18.9 Å². The number of nitrogens with one attached hydrogen (secondary N) is 1. The van der Waals surface area contributed by atoms with Crippen molar-refractivity contribution in [2.75, 3.05) is 12.4 Å². The van der Waals surface area contributed by atoms with E-state index in [4.69, 9.17) is 11.6 Å². The van der Waals surface area contributed by atoms with Crippen LogP contribution >= 0.6 is 11.6 Å². The number of halogens is 1. The molecular weight excluding hydrogens is 212 g/mol. The summed E-state index contributed by atoms with van der Waals surface area (Å²) in [7, 11) is 0. The van der Waals surface area contributed by atoms with Gasteiger partial charge in [-0.25, -0.2) is 0 Å². The molecule has 0 radical (unpaired) electrons. The zero-order valence-electron chi connectivity index (χ0n) is 8.58. The number of rotatable bonds is 5. The minimum Gasteiger partial charge on any atom is -0.314 e. The highest BCUT2D eigenvalue weighted by Gasteiger charge is 2.40. The number of hydrogen-bond acceptors (Lipinski definition) is 2. The Morgan fingerprint density at radius 3 is 2.87 bits per heavy atom. The third-order valence-corrected chi connectivity index (χ3v) is 3.37. The molecule has 4 heteroatoms. The van der Waals surface area contributed by atoms with Gasteiger partial charge in [0.05, 0.1) is 0 Å². The van der Waals surface area contributed by atoms with Gasteiger partial charge in [0.2, 0.25) is 0 Å². The molecule has 0 amide bonds. The summed E-state index contributed by atoms with van der Waals surface area (Å²) in [6.07, 6.45) is 4.12. The molecule has 1 aromatic rings. The predicted molar refractivity (Wildman–Crippen MR) is 61.4 cm³/mol. The van der Waals surface area contributed by atoms with Gasteiger partial charge in [-0.2, -0.15) is 0 Å². The molecule has 0 spiro atoms. The highest BCUT2D eigenvalue weighted by molar-refractivity contribution is 6.18. The highest BCUT2D eigenvalue weighted by Crippen LogP contribution is 2.35. The molecule has 1 saturated carbocycles. The second-order valence-electron chi connectivity index (χ2n) is 4.07. The zero-order valence-corrected chi connectivity index (χ0v) is 9.33. The molecule has 0 atom stereocenters. The van der Waals surface area contributed by atoms with Crippen molar-refractivity contribution in [3.63, 3.8) is 0 Å². The first-order valence-corrected chi connectivity index (χ1v) is 5.76. The second kappa shape index (κ2) is 4.37. The Morgan fingerprint density at radius 2 is 2.27 bits per heavy atom. The van der Waals surface area contributed by atoms with Crippen LogP contribution in [-0.2, 0) is 6.54 Å². The molecule has 0 unspecified atom stereocenters. The Balaban J connectivity index is 1.84. The van der Waals surface area contributed by atoms with E-state index in [0.29, 0.717) is 12.4 Å². The van der Waals surface area contributed by atoms with Crippen LogP contribution in [-0.4, -0.2) is 22.5 Å². The van der Waals surface area contributed by atoms with Crippen molar-refractivity contribution >= 4 is 11.6 Å². The van der Waals surface area contributed by atoms with Crippen LogP contribution in [0.3, 0.4) is 0 Å². The van der Waals surface area contributed by atoms with Crippen molar-refractivity contribution in [3.05, 3.63) is 34.7 Å². The van der Waals surface area contributed by atoms with Gasteiger partial charge in [-0.15, -0.1) is 11.6 Å². The summed E-state index contributed by atoms with van der Waals surface area (Å²) in [6.45, 7) is 1.51. The second-order valence-corrected chi connectivity index (χ2v) is 4.34. The van der Waals surface area contributed by atoms with Gasteiger partial charge in [-0.1, -0.05) is 6.07 Å². The maximum absolute atomic E-state index is 11.4. The summed E-state index contributed by atoms with van der Waals surface area (Å²) in [5.41, 5.74) is 0.218. The van der Waals surface area contributed by atoms with E-state index in [1.807, 2.05) is 12.3 Å². The van der Waals surface area contributed by atoms with Crippen LogP contribution < -0.4 is 10.9 Å². The third kappa shape index (κ3) is 2.61. The van der Waals surface area contributed by atoms with Gasteiger partial charge in [0, 0.05) is 36.8 Å². The molecule has 0 saturated heterocycles. The van der Waals surface area contributed by atoms with Crippen LogP contribution in [0.25, 0.3) is 0 Å². The first kappa shape index (κ1) is 10.7. The number of alkyl halides is 1. The fraction of sp³-hybridized carbons (Fsp3) is 0.545. The molecule has 82 valence electrons. The fourth-order valence-electron chi connectivity index (χ4n) is 1.60. The minimum atomic E-state index is 0.0509. The van der Waals surface area contributed by atoms with Crippen molar-refractivity contribution < 1.29 is 0 Å². The third-order valence-electron chi connectivity index (χ3n) is 2.86. The lowest BCUT2D eigenvalue weighted by Gasteiger charge is -2.14. The lowest BCUT2D eigenvalue weighted by Crippen LogP contribution is -2.36. The Kier molecular flexibility index (Phi) is 3.12. The fourth-order valence-corrected chi connectivity index (χ4v) is 1.96. The quantitative estimate of drug-likeness (QED) is 0.766. The minimum absolute atomic E-state index is 0.0509. The van der Waals surface area contributed by atoms with Gasteiger partial charge in [0.25, 0.3) is 5.56 Å². The van der Waals surface area contributed by atoms with E-state index in [1.165, 1.54) is 0 Å². The molecule has 1 aliphatic rings. The molecule has 1 aliphatic carbocycles. The normalized spacial score (nSPS) is 17.7. The van der Waals surface area contributed by atoms with Crippen LogP contribution in [0.1, 0.15) is 12.8 Å². The number of aromatic nitrogens is 1. The molecule has 0 aliphatic heterocycles. The summed E-state index contributed by atoms with van der Waals surface area (Å²) in [5, 5.41) is 3.40. The largest absolute Gasteiger partial charge is 0.314 e. The lowest BCUT2D eigenvalue weighted by molar-refractivity contribution is 0.503. The summed E-state index contributed by atoms with van der Waals surface area (Å²) < 4.78 is 1.71. The smallest absolute Gasteiger partial charge is 0.250 e. The van der Waals surface area contributed by atoms with Crippen LogP contribution in [0.5, 0.6) is 0 Å². The van der Waals surface area contributed by atoms with Crippen molar-refractivity contribution in [3.8, 4) is 0 Å². The van der Waals surface area contributed by atoms with Crippen molar-refractivity contribution in [1.82, 2.24) is 9.88 Å². The maximum Gasteiger partial charge on any atom is 0.250 e. The Hall–Kier alpha value is -0.800. The molecule has 1 aromatic heterocycles. The molecule has 15 heavy (non-hydrogen) atoms. The van der Waals surface area contributed by atoms with Crippen molar-refractivity contribution in [2.24, 2.45) is 0 Å². The van der Waals surface area contributed by atoms with Gasteiger partial charge in [-0.3, -0.25) is 4.79 Å². The molecule has 3 nitrogen and oxygen atoms in total. The summed E-state index contributed by atoms with van der Waals surface area (Å²) >= 11 is 5.84.